The maximum Gasteiger partial charge on any atom is 0.410 e. The van der Waals surface area contributed by atoms with E-state index >= 15 is 0 Å². The Hall–Kier alpha value is -2.28. The van der Waals surface area contributed by atoms with Gasteiger partial charge >= 0.3 is 12.2 Å². The summed E-state index contributed by atoms with van der Waals surface area (Å²) < 4.78 is 10.9. The van der Waals surface area contributed by atoms with Gasteiger partial charge in [0.25, 0.3) is 0 Å². The predicted octanol–water partition coefficient (Wildman–Crippen LogP) is 3.80. The van der Waals surface area contributed by atoms with Crippen LogP contribution < -0.4 is 0 Å². The van der Waals surface area contributed by atoms with Crippen molar-refractivity contribution in [2.45, 2.75) is 64.3 Å². The SMILES string of the molecule is CC(C)(C)OC(=O)N1CCC(O)(C2CCN(C(=O)OCc3ccccc3)CC2)CC1. The topological polar surface area (TPSA) is 79.3 Å². The summed E-state index contributed by atoms with van der Waals surface area (Å²) in [6.07, 6.45) is 1.93. The fraction of sp³-hybridized carbons (Fsp3) is 0.652. The molecule has 0 aliphatic carbocycles. The van der Waals surface area contributed by atoms with E-state index in [1.54, 1.807) is 9.80 Å². The van der Waals surface area contributed by atoms with Crippen LogP contribution in [0.3, 0.4) is 0 Å². The molecule has 0 unspecified atom stereocenters. The minimum Gasteiger partial charge on any atom is -0.445 e. The highest BCUT2D eigenvalue weighted by Gasteiger charge is 2.43. The number of benzene rings is 1. The van der Waals surface area contributed by atoms with Gasteiger partial charge in [0.2, 0.25) is 0 Å². The molecule has 2 aliphatic heterocycles. The van der Waals surface area contributed by atoms with Gasteiger partial charge in [0.05, 0.1) is 5.60 Å². The summed E-state index contributed by atoms with van der Waals surface area (Å²) in [7, 11) is 0. The van der Waals surface area contributed by atoms with E-state index in [0.717, 1.165) is 18.4 Å². The summed E-state index contributed by atoms with van der Waals surface area (Å²) >= 11 is 0. The number of likely N-dealkylation sites (tertiary alicyclic amines) is 2. The van der Waals surface area contributed by atoms with E-state index in [1.165, 1.54) is 0 Å². The minimum absolute atomic E-state index is 0.122. The van der Waals surface area contributed by atoms with Gasteiger partial charge in [0.1, 0.15) is 12.2 Å². The Morgan fingerprint density at radius 3 is 2.13 bits per heavy atom. The Morgan fingerprint density at radius 2 is 1.57 bits per heavy atom. The average Bonchev–Trinajstić information content (AvgIpc) is 2.72. The molecule has 2 amide bonds. The molecule has 2 aliphatic rings. The van der Waals surface area contributed by atoms with Crippen LogP contribution in [0.2, 0.25) is 0 Å². The Balaban J connectivity index is 1.43. The van der Waals surface area contributed by atoms with Crippen molar-refractivity contribution >= 4 is 12.2 Å². The van der Waals surface area contributed by atoms with E-state index in [1.807, 2.05) is 51.1 Å². The van der Waals surface area contributed by atoms with Crippen LogP contribution in [0.15, 0.2) is 30.3 Å². The first-order valence-electron chi connectivity index (χ1n) is 10.8. The molecule has 2 saturated heterocycles. The van der Waals surface area contributed by atoms with Crippen molar-refractivity contribution in [3.63, 3.8) is 0 Å². The summed E-state index contributed by atoms with van der Waals surface area (Å²) in [6, 6.07) is 9.63. The van der Waals surface area contributed by atoms with Gasteiger partial charge in [-0.25, -0.2) is 9.59 Å². The summed E-state index contributed by atoms with van der Waals surface area (Å²) in [5, 5.41) is 11.2. The summed E-state index contributed by atoms with van der Waals surface area (Å²) in [4.78, 5) is 28.0. The number of nitrogens with zero attached hydrogens (tertiary/aromatic N) is 2. The largest absolute Gasteiger partial charge is 0.445 e. The average molecular weight is 419 g/mol. The van der Waals surface area contributed by atoms with Crippen LogP contribution in [0.1, 0.15) is 52.0 Å². The molecule has 2 fully saturated rings. The quantitative estimate of drug-likeness (QED) is 0.808. The molecule has 0 bridgehead atoms. The van der Waals surface area contributed by atoms with Crippen LogP contribution in [0.4, 0.5) is 9.59 Å². The first kappa shape index (κ1) is 22.4. The molecule has 1 N–H and O–H groups in total. The molecule has 1 aromatic rings. The lowest BCUT2D eigenvalue weighted by molar-refractivity contribution is -0.0834. The van der Waals surface area contributed by atoms with E-state index in [9.17, 15) is 14.7 Å². The van der Waals surface area contributed by atoms with E-state index < -0.39 is 11.2 Å². The van der Waals surface area contributed by atoms with Crippen molar-refractivity contribution in [1.29, 1.82) is 0 Å². The molecule has 0 spiro atoms. The van der Waals surface area contributed by atoms with Gasteiger partial charge in [-0.05, 0) is 57.9 Å². The fourth-order valence-corrected chi connectivity index (χ4v) is 4.22. The Morgan fingerprint density at radius 1 is 1.00 bits per heavy atom. The van der Waals surface area contributed by atoms with Gasteiger partial charge < -0.3 is 24.4 Å². The number of ether oxygens (including phenoxy) is 2. The molecule has 0 radical (unpaired) electrons. The molecule has 166 valence electrons. The molecular weight excluding hydrogens is 384 g/mol. The van der Waals surface area contributed by atoms with E-state index in [4.69, 9.17) is 9.47 Å². The number of hydrogen-bond acceptors (Lipinski definition) is 5. The second-order valence-electron chi connectivity index (χ2n) is 9.37. The Kier molecular flexibility index (Phi) is 6.91. The zero-order valence-corrected chi connectivity index (χ0v) is 18.3. The molecule has 1 aromatic carbocycles. The van der Waals surface area contributed by atoms with Gasteiger partial charge in [-0.3, -0.25) is 0 Å². The summed E-state index contributed by atoms with van der Waals surface area (Å²) in [6.45, 7) is 7.96. The van der Waals surface area contributed by atoms with Crippen molar-refractivity contribution in [3.05, 3.63) is 35.9 Å². The number of aliphatic hydroxyl groups is 1. The molecular formula is C23H34N2O5. The first-order chi connectivity index (χ1) is 14.2. The van der Waals surface area contributed by atoms with Crippen molar-refractivity contribution in [1.82, 2.24) is 9.80 Å². The van der Waals surface area contributed by atoms with Crippen LogP contribution in [0, 0.1) is 5.92 Å². The van der Waals surface area contributed by atoms with Gasteiger partial charge in [-0.2, -0.15) is 0 Å². The van der Waals surface area contributed by atoms with Crippen molar-refractivity contribution in [3.8, 4) is 0 Å². The summed E-state index contributed by atoms with van der Waals surface area (Å²) in [5.74, 6) is 0.122. The van der Waals surface area contributed by atoms with Crippen molar-refractivity contribution in [2.75, 3.05) is 26.2 Å². The molecule has 3 rings (SSSR count). The second kappa shape index (κ2) is 9.25. The Bertz CT molecular complexity index is 715. The van der Waals surface area contributed by atoms with E-state index in [2.05, 4.69) is 0 Å². The number of carbonyl (C=O) groups is 2. The van der Waals surface area contributed by atoms with E-state index in [-0.39, 0.29) is 24.7 Å². The first-order valence-corrected chi connectivity index (χ1v) is 10.8. The third-order valence-electron chi connectivity index (χ3n) is 6.00. The van der Waals surface area contributed by atoms with Crippen LogP contribution in [0.25, 0.3) is 0 Å². The number of rotatable bonds is 3. The highest BCUT2D eigenvalue weighted by atomic mass is 16.6. The Labute approximate surface area is 178 Å². The number of carbonyl (C=O) groups excluding carboxylic acids is 2. The fourth-order valence-electron chi connectivity index (χ4n) is 4.22. The zero-order chi connectivity index (χ0) is 21.8. The number of hydrogen-bond donors (Lipinski definition) is 1. The van der Waals surface area contributed by atoms with E-state index in [0.29, 0.717) is 39.0 Å². The highest BCUT2D eigenvalue weighted by Crippen LogP contribution is 2.36. The molecule has 7 nitrogen and oxygen atoms in total. The molecule has 0 aromatic heterocycles. The third kappa shape index (κ3) is 5.88. The smallest absolute Gasteiger partial charge is 0.410 e. The van der Waals surface area contributed by atoms with Crippen molar-refractivity contribution in [2.24, 2.45) is 5.92 Å². The lowest BCUT2D eigenvalue weighted by Gasteiger charge is -2.45. The normalized spacial score (nSPS) is 20.0. The lowest BCUT2D eigenvalue weighted by atomic mass is 9.75. The zero-order valence-electron chi connectivity index (χ0n) is 18.3. The number of piperidine rings is 2. The van der Waals surface area contributed by atoms with Gasteiger partial charge in [0.15, 0.2) is 0 Å². The van der Waals surface area contributed by atoms with Crippen LogP contribution >= 0.6 is 0 Å². The maximum atomic E-state index is 12.3. The van der Waals surface area contributed by atoms with Gasteiger partial charge in [0, 0.05) is 26.2 Å². The second-order valence-corrected chi connectivity index (χ2v) is 9.37. The maximum absolute atomic E-state index is 12.3. The third-order valence-corrected chi connectivity index (χ3v) is 6.00. The molecule has 30 heavy (non-hydrogen) atoms. The van der Waals surface area contributed by atoms with Gasteiger partial charge in [-0.1, -0.05) is 30.3 Å². The number of amides is 2. The molecule has 2 heterocycles. The van der Waals surface area contributed by atoms with Crippen molar-refractivity contribution < 1.29 is 24.2 Å². The predicted molar refractivity (Wildman–Crippen MR) is 113 cm³/mol. The highest BCUT2D eigenvalue weighted by molar-refractivity contribution is 5.68. The monoisotopic (exact) mass is 418 g/mol. The lowest BCUT2D eigenvalue weighted by Crippen LogP contribution is -2.53. The summed E-state index contributed by atoms with van der Waals surface area (Å²) in [5.41, 5.74) is -0.350. The standard InChI is InChI=1S/C23H34N2O5/c1-22(2,3)30-21(27)25-15-11-23(28,12-16-25)19-9-13-24(14-10-19)20(26)29-17-18-7-5-4-6-8-18/h4-8,19,28H,9-17H2,1-3H3. The molecule has 0 saturated carbocycles. The van der Waals surface area contributed by atoms with Crippen LogP contribution in [0.5, 0.6) is 0 Å². The van der Waals surface area contributed by atoms with Gasteiger partial charge in [-0.15, -0.1) is 0 Å². The molecule has 7 heteroatoms. The van der Waals surface area contributed by atoms with Crippen LogP contribution in [-0.2, 0) is 16.1 Å². The minimum atomic E-state index is -0.793. The molecule has 0 atom stereocenters. The van der Waals surface area contributed by atoms with Crippen LogP contribution in [-0.4, -0.2) is 64.5 Å².